The monoisotopic (exact) mass is 281 g/mol. The number of carbonyl (C=O) groups excluding carboxylic acids is 1. The van der Waals surface area contributed by atoms with Crippen LogP contribution in [0.3, 0.4) is 0 Å². The number of amides is 1. The van der Waals surface area contributed by atoms with E-state index < -0.39 is 0 Å². The van der Waals surface area contributed by atoms with E-state index in [4.69, 9.17) is 16.3 Å². The summed E-state index contributed by atoms with van der Waals surface area (Å²) in [6, 6.07) is 5.55. The summed E-state index contributed by atoms with van der Waals surface area (Å²) >= 11 is 5.98. The van der Waals surface area contributed by atoms with Gasteiger partial charge in [-0.25, -0.2) is 0 Å². The van der Waals surface area contributed by atoms with Crippen molar-refractivity contribution in [3.05, 3.63) is 28.8 Å². The largest absolute Gasteiger partial charge is 0.492 e. The molecule has 1 aliphatic heterocycles. The van der Waals surface area contributed by atoms with Crippen molar-refractivity contribution in [3.63, 3.8) is 0 Å². The first kappa shape index (κ1) is 14.2. The van der Waals surface area contributed by atoms with E-state index in [1.807, 2.05) is 26.0 Å². The molecule has 104 valence electrons. The molecule has 0 unspecified atom stereocenters. The minimum Gasteiger partial charge on any atom is -0.492 e. The molecular formula is C15H20ClNO2. The van der Waals surface area contributed by atoms with E-state index in [1.54, 1.807) is 6.07 Å². The average molecular weight is 282 g/mol. The standard InChI is InChI=1S/C15H20ClNO2/c1-4-15(2,3)17-14(18)11-7-10-8-12(16)5-6-13(10)19-9-11/h5-6,8,11H,4,7,9H2,1-3H3,(H,17,18)/t11-/m1/s1. The molecule has 0 fully saturated rings. The van der Waals surface area contributed by atoms with E-state index >= 15 is 0 Å². The normalized spacial score (nSPS) is 18.4. The van der Waals surface area contributed by atoms with Crippen molar-refractivity contribution in [1.29, 1.82) is 0 Å². The molecule has 0 bridgehead atoms. The van der Waals surface area contributed by atoms with Crippen LogP contribution in [0.4, 0.5) is 0 Å². The van der Waals surface area contributed by atoms with E-state index in [1.165, 1.54) is 0 Å². The summed E-state index contributed by atoms with van der Waals surface area (Å²) < 4.78 is 5.64. The van der Waals surface area contributed by atoms with Crippen molar-refractivity contribution in [2.75, 3.05) is 6.61 Å². The first-order chi connectivity index (χ1) is 8.91. The summed E-state index contributed by atoms with van der Waals surface area (Å²) in [4.78, 5) is 12.2. The second-order valence-corrected chi connectivity index (χ2v) is 6.13. The summed E-state index contributed by atoms with van der Waals surface area (Å²) in [6.07, 6.45) is 1.58. The first-order valence-corrected chi connectivity index (χ1v) is 7.02. The SMILES string of the molecule is CCC(C)(C)NC(=O)[C@H]1COc2ccc(Cl)cc2C1. The summed E-state index contributed by atoms with van der Waals surface area (Å²) in [7, 11) is 0. The van der Waals surface area contributed by atoms with Gasteiger partial charge in [0.25, 0.3) is 0 Å². The molecule has 0 spiro atoms. The Kier molecular flexibility index (Phi) is 4.04. The predicted molar refractivity (Wildman–Crippen MR) is 76.7 cm³/mol. The van der Waals surface area contributed by atoms with Crippen molar-refractivity contribution in [1.82, 2.24) is 5.32 Å². The molecule has 1 N–H and O–H groups in total. The Morgan fingerprint density at radius 1 is 1.53 bits per heavy atom. The highest BCUT2D eigenvalue weighted by molar-refractivity contribution is 6.30. The zero-order chi connectivity index (χ0) is 14.0. The molecule has 0 radical (unpaired) electrons. The summed E-state index contributed by atoms with van der Waals surface area (Å²) in [5.41, 5.74) is 0.833. The Hall–Kier alpha value is -1.22. The number of ether oxygens (including phenoxy) is 1. The third-order valence-corrected chi connectivity index (χ3v) is 3.88. The zero-order valence-corrected chi connectivity index (χ0v) is 12.4. The van der Waals surface area contributed by atoms with Gasteiger partial charge in [-0.05, 0) is 50.5 Å². The van der Waals surface area contributed by atoms with E-state index in [2.05, 4.69) is 12.2 Å². The molecule has 1 aromatic rings. The minimum absolute atomic E-state index is 0.0532. The molecular weight excluding hydrogens is 262 g/mol. The highest BCUT2D eigenvalue weighted by Crippen LogP contribution is 2.30. The number of rotatable bonds is 3. The lowest BCUT2D eigenvalue weighted by atomic mass is 9.94. The van der Waals surface area contributed by atoms with Gasteiger partial charge in [-0.3, -0.25) is 4.79 Å². The van der Waals surface area contributed by atoms with Crippen molar-refractivity contribution < 1.29 is 9.53 Å². The molecule has 1 atom stereocenters. The van der Waals surface area contributed by atoms with Crippen molar-refractivity contribution in [3.8, 4) is 5.75 Å². The van der Waals surface area contributed by atoms with Crippen LogP contribution in [0.1, 0.15) is 32.8 Å². The van der Waals surface area contributed by atoms with E-state index in [0.29, 0.717) is 18.1 Å². The lowest BCUT2D eigenvalue weighted by Crippen LogP contribution is -2.47. The lowest BCUT2D eigenvalue weighted by molar-refractivity contribution is -0.128. The molecule has 0 saturated carbocycles. The van der Waals surface area contributed by atoms with Crippen LogP contribution in [0.15, 0.2) is 18.2 Å². The quantitative estimate of drug-likeness (QED) is 0.924. The Labute approximate surface area is 119 Å². The van der Waals surface area contributed by atoms with Gasteiger partial charge in [-0.15, -0.1) is 0 Å². The van der Waals surface area contributed by atoms with Gasteiger partial charge >= 0.3 is 0 Å². The van der Waals surface area contributed by atoms with Gasteiger partial charge in [0, 0.05) is 10.6 Å². The molecule has 4 heteroatoms. The third kappa shape index (κ3) is 3.41. The Balaban J connectivity index is 2.07. The molecule has 0 aliphatic carbocycles. The van der Waals surface area contributed by atoms with Crippen LogP contribution in [0.2, 0.25) is 5.02 Å². The average Bonchev–Trinajstić information content (AvgIpc) is 2.37. The van der Waals surface area contributed by atoms with Crippen LogP contribution in [-0.4, -0.2) is 18.1 Å². The van der Waals surface area contributed by atoms with E-state index in [9.17, 15) is 4.79 Å². The maximum absolute atomic E-state index is 12.2. The summed E-state index contributed by atoms with van der Waals surface area (Å²) in [5, 5.41) is 3.75. The minimum atomic E-state index is -0.175. The van der Waals surface area contributed by atoms with Gasteiger partial charge in [-0.2, -0.15) is 0 Å². The number of hydrogen-bond acceptors (Lipinski definition) is 2. The fourth-order valence-corrected chi connectivity index (χ4v) is 2.25. The van der Waals surface area contributed by atoms with Crippen LogP contribution in [-0.2, 0) is 11.2 Å². The maximum Gasteiger partial charge on any atom is 0.227 e. The molecule has 0 aromatic heterocycles. The van der Waals surface area contributed by atoms with Gasteiger partial charge < -0.3 is 10.1 Å². The summed E-state index contributed by atoms with van der Waals surface area (Å²) in [6.45, 7) is 6.55. The molecule has 1 amide bonds. The van der Waals surface area contributed by atoms with Crippen molar-refractivity contribution in [2.45, 2.75) is 39.2 Å². The second kappa shape index (κ2) is 5.41. The topological polar surface area (TPSA) is 38.3 Å². The smallest absolute Gasteiger partial charge is 0.227 e. The fraction of sp³-hybridized carbons (Fsp3) is 0.533. The molecule has 1 aromatic carbocycles. The molecule has 1 aliphatic rings. The number of halogens is 1. The predicted octanol–water partition coefficient (Wildman–Crippen LogP) is 3.20. The molecule has 19 heavy (non-hydrogen) atoms. The highest BCUT2D eigenvalue weighted by atomic mass is 35.5. The Morgan fingerprint density at radius 2 is 2.26 bits per heavy atom. The number of nitrogens with one attached hydrogen (secondary N) is 1. The van der Waals surface area contributed by atoms with Crippen LogP contribution in [0.25, 0.3) is 0 Å². The Bertz CT molecular complexity index is 485. The lowest BCUT2D eigenvalue weighted by Gasteiger charge is -2.30. The van der Waals surface area contributed by atoms with Gasteiger partial charge in [-0.1, -0.05) is 18.5 Å². The van der Waals surface area contributed by atoms with Crippen LogP contribution in [0.5, 0.6) is 5.75 Å². The fourth-order valence-electron chi connectivity index (χ4n) is 2.06. The molecule has 2 rings (SSSR count). The van der Waals surface area contributed by atoms with Crippen LogP contribution >= 0.6 is 11.6 Å². The van der Waals surface area contributed by atoms with Gasteiger partial charge in [0.15, 0.2) is 0 Å². The molecule has 0 saturated heterocycles. The van der Waals surface area contributed by atoms with Crippen LogP contribution < -0.4 is 10.1 Å². The molecule has 1 heterocycles. The van der Waals surface area contributed by atoms with Crippen molar-refractivity contribution in [2.24, 2.45) is 5.92 Å². The first-order valence-electron chi connectivity index (χ1n) is 6.64. The zero-order valence-electron chi connectivity index (χ0n) is 11.6. The maximum atomic E-state index is 12.2. The molecule has 3 nitrogen and oxygen atoms in total. The van der Waals surface area contributed by atoms with Gasteiger partial charge in [0.1, 0.15) is 12.4 Å². The number of benzene rings is 1. The van der Waals surface area contributed by atoms with Crippen LogP contribution in [0, 0.1) is 5.92 Å². The number of carbonyl (C=O) groups is 1. The van der Waals surface area contributed by atoms with E-state index in [0.717, 1.165) is 17.7 Å². The van der Waals surface area contributed by atoms with E-state index in [-0.39, 0.29) is 17.4 Å². The van der Waals surface area contributed by atoms with Gasteiger partial charge in [0.2, 0.25) is 5.91 Å². The highest BCUT2D eigenvalue weighted by Gasteiger charge is 2.29. The third-order valence-electron chi connectivity index (χ3n) is 3.65. The second-order valence-electron chi connectivity index (χ2n) is 5.69. The Morgan fingerprint density at radius 3 is 2.95 bits per heavy atom. The van der Waals surface area contributed by atoms with Crippen molar-refractivity contribution >= 4 is 17.5 Å². The summed E-state index contributed by atoms with van der Waals surface area (Å²) in [5.74, 6) is 0.748. The van der Waals surface area contributed by atoms with Gasteiger partial charge in [0.05, 0.1) is 5.92 Å². The number of fused-ring (bicyclic) bond motifs is 1. The number of hydrogen-bond donors (Lipinski definition) is 1.